The molecule has 0 saturated carbocycles. The van der Waals surface area contributed by atoms with Gasteiger partial charge in [-0.05, 0) is 80.5 Å². The Kier molecular flexibility index (Phi) is 9.36. The van der Waals surface area contributed by atoms with Crippen LogP contribution in [0.4, 0.5) is 27.8 Å². The number of nitrogens with two attached hydrogens (primary N) is 2. The van der Waals surface area contributed by atoms with E-state index in [0.717, 1.165) is 42.5 Å². The van der Waals surface area contributed by atoms with Gasteiger partial charge in [0.15, 0.2) is 21.3 Å². The average molecular weight is 799 g/mol. The van der Waals surface area contributed by atoms with Crippen LogP contribution in [0.5, 0.6) is 0 Å². The molecule has 1 aromatic heterocycles. The van der Waals surface area contributed by atoms with Crippen LogP contribution in [-0.4, -0.2) is 115 Å². The van der Waals surface area contributed by atoms with Crippen LogP contribution < -0.4 is 31.9 Å². The Hall–Kier alpha value is -6.11. The number of sulfone groups is 1. The summed E-state index contributed by atoms with van der Waals surface area (Å²) in [5.74, 6) is -2.34. The Morgan fingerprint density at radius 3 is 2.33 bits per heavy atom. The van der Waals surface area contributed by atoms with Gasteiger partial charge < -0.3 is 31.5 Å². The first-order valence-electron chi connectivity index (χ1n) is 18.8. The van der Waals surface area contributed by atoms with E-state index in [9.17, 15) is 37.2 Å². The highest BCUT2D eigenvalue weighted by molar-refractivity contribution is 7.90. The summed E-state index contributed by atoms with van der Waals surface area (Å²) in [6.07, 6.45) is 5.84. The number of amides is 7. The lowest BCUT2D eigenvalue weighted by atomic mass is 9.60. The molecule has 2 aromatic carbocycles. The number of benzene rings is 2. The Morgan fingerprint density at radius 2 is 1.67 bits per heavy atom. The monoisotopic (exact) mass is 798 g/mol. The number of carbonyl (C=O) groups excluding carboxylic acids is 6. The zero-order chi connectivity index (χ0) is 40.4. The molecule has 298 valence electrons. The Morgan fingerprint density at radius 1 is 0.947 bits per heavy atom. The molecule has 5 aliphatic heterocycles. The number of nitrogens with zero attached hydrogens (tertiary/aromatic N) is 6. The lowest BCUT2D eigenvalue weighted by Crippen LogP contribution is -2.71. The first-order chi connectivity index (χ1) is 27.1. The number of fused-ring (bicyclic) bond motifs is 1. The summed E-state index contributed by atoms with van der Waals surface area (Å²) >= 11 is 0. The Balaban J connectivity index is 1.07. The number of primary amides is 2. The minimum atomic E-state index is -3.42. The first-order valence-corrected chi connectivity index (χ1v) is 20.7. The lowest BCUT2D eigenvalue weighted by molar-refractivity contribution is -0.136. The van der Waals surface area contributed by atoms with Crippen molar-refractivity contribution in [3.8, 4) is 0 Å². The number of aromatic nitrogens is 2. The van der Waals surface area contributed by atoms with Crippen LogP contribution in [0.2, 0.25) is 0 Å². The number of carbonyl (C=O) groups is 6. The first kappa shape index (κ1) is 37.8. The maximum absolute atomic E-state index is 13.8. The van der Waals surface area contributed by atoms with Gasteiger partial charge in [0.25, 0.3) is 17.7 Å². The molecule has 57 heavy (non-hydrogen) atoms. The van der Waals surface area contributed by atoms with Crippen LogP contribution in [-0.2, 0) is 19.4 Å². The van der Waals surface area contributed by atoms with Crippen molar-refractivity contribution >= 4 is 68.4 Å². The zero-order valence-electron chi connectivity index (χ0n) is 31.1. The highest BCUT2D eigenvalue weighted by Gasteiger charge is 2.57. The van der Waals surface area contributed by atoms with Crippen molar-refractivity contribution in [1.82, 2.24) is 25.1 Å². The van der Waals surface area contributed by atoms with E-state index < -0.39 is 51.4 Å². The van der Waals surface area contributed by atoms with E-state index in [1.807, 2.05) is 6.07 Å². The Bertz CT molecular complexity index is 2330. The average Bonchev–Trinajstić information content (AvgIpc) is 3.41. The summed E-state index contributed by atoms with van der Waals surface area (Å²) < 4.78 is 24.0. The number of hydrogen-bond donors (Lipinski definition) is 4. The molecule has 2 unspecified atom stereocenters. The molecule has 3 atom stereocenters. The van der Waals surface area contributed by atoms with Crippen LogP contribution in [0.3, 0.4) is 0 Å². The standard InChI is InChI=1S/C38H42N10O8S/c1-57(55,56)24-7-4-22(5-8-24)42-33-30(32(39)50)41-18-28(43-33)46-14-2-3-21(19-46)31-38(12-15-45(16-13-38)37(40)54)20-47(31)23-6-9-25-26(17-23)36(53)48(35(25)52)27-10-11-29(49)44-34(27)51/h4-9,17-18,21,27,31H,2-3,10-16,19-20H2,1H3,(H2,39,50)(H2,40,54)(H,42,43)(H,44,49,51)/t21-,27?,31?/m1/s1. The molecular weight excluding hydrogens is 757 g/mol. The van der Waals surface area contributed by atoms with Crippen molar-refractivity contribution in [3.63, 3.8) is 0 Å². The zero-order valence-corrected chi connectivity index (χ0v) is 32.0. The molecule has 4 saturated heterocycles. The van der Waals surface area contributed by atoms with Gasteiger partial charge in [-0.25, -0.2) is 23.2 Å². The molecule has 19 heteroatoms. The number of anilines is 4. The molecule has 0 bridgehead atoms. The third kappa shape index (κ3) is 6.78. The van der Waals surface area contributed by atoms with Gasteiger partial charge in [0.1, 0.15) is 11.9 Å². The molecule has 8 rings (SSSR count). The second-order valence-corrected chi connectivity index (χ2v) is 17.5. The second-order valence-electron chi connectivity index (χ2n) is 15.5. The molecule has 7 amide bonds. The van der Waals surface area contributed by atoms with Gasteiger partial charge in [-0.15, -0.1) is 0 Å². The number of piperidine rings is 3. The fourth-order valence-electron chi connectivity index (χ4n) is 9.22. The molecule has 1 spiro atoms. The fourth-order valence-corrected chi connectivity index (χ4v) is 9.85. The number of nitrogens with one attached hydrogen (secondary N) is 2. The minimum absolute atomic E-state index is 0.0258. The topological polar surface area (TPSA) is 251 Å². The van der Waals surface area contributed by atoms with E-state index in [2.05, 4.69) is 25.4 Å². The minimum Gasteiger partial charge on any atom is -0.367 e. The van der Waals surface area contributed by atoms with E-state index >= 15 is 0 Å². The highest BCUT2D eigenvalue weighted by Crippen LogP contribution is 2.53. The van der Waals surface area contributed by atoms with Crippen molar-refractivity contribution in [1.29, 1.82) is 0 Å². The smallest absolute Gasteiger partial charge is 0.314 e. The fraction of sp³-hybridized carbons (Fsp3) is 0.421. The molecule has 18 nitrogen and oxygen atoms in total. The van der Waals surface area contributed by atoms with Gasteiger partial charge in [0, 0.05) is 68.2 Å². The van der Waals surface area contributed by atoms with Crippen LogP contribution in [0, 0.1) is 11.3 Å². The Labute approximate surface area is 327 Å². The summed E-state index contributed by atoms with van der Waals surface area (Å²) in [4.78, 5) is 92.4. The number of urea groups is 1. The summed E-state index contributed by atoms with van der Waals surface area (Å²) in [5.41, 5.74) is 12.7. The molecule has 6 heterocycles. The quantitative estimate of drug-likeness (QED) is 0.236. The second kappa shape index (κ2) is 14.1. The van der Waals surface area contributed by atoms with Gasteiger partial charge in [-0.3, -0.25) is 34.2 Å². The molecular formula is C38H42N10O8S. The predicted molar refractivity (Wildman–Crippen MR) is 205 cm³/mol. The van der Waals surface area contributed by atoms with Gasteiger partial charge in [0.05, 0.1) is 22.2 Å². The molecule has 5 aliphatic rings. The lowest BCUT2D eigenvalue weighted by Gasteiger charge is -2.64. The highest BCUT2D eigenvalue weighted by atomic mass is 32.2. The largest absolute Gasteiger partial charge is 0.367 e. The summed E-state index contributed by atoms with van der Waals surface area (Å²) in [6.45, 7) is 2.90. The maximum Gasteiger partial charge on any atom is 0.314 e. The molecule has 6 N–H and O–H groups in total. The van der Waals surface area contributed by atoms with Gasteiger partial charge in [0.2, 0.25) is 11.8 Å². The SMILES string of the molecule is CS(=O)(=O)c1ccc(Nc2nc(N3CCC[C@@H](C4N(c5ccc6c(c5)C(=O)N(C5CCC(=O)NC5=O)C6=O)CC45CCN(C(N)=O)CC5)C3)cnc2C(N)=O)cc1. The van der Waals surface area contributed by atoms with Gasteiger partial charge in [-0.1, -0.05) is 0 Å². The van der Waals surface area contributed by atoms with Crippen LogP contribution in [0.1, 0.15) is 69.7 Å². The third-order valence-electron chi connectivity index (χ3n) is 12.0. The third-order valence-corrected chi connectivity index (χ3v) is 13.2. The predicted octanol–water partition coefficient (Wildman–Crippen LogP) is 1.39. The van der Waals surface area contributed by atoms with E-state index in [4.69, 9.17) is 16.5 Å². The van der Waals surface area contributed by atoms with E-state index in [-0.39, 0.29) is 57.8 Å². The number of imide groups is 2. The number of likely N-dealkylation sites (tertiary alicyclic amines) is 1. The van der Waals surface area contributed by atoms with E-state index in [1.54, 1.807) is 29.2 Å². The van der Waals surface area contributed by atoms with Crippen molar-refractivity contribution in [2.45, 2.75) is 55.5 Å². The normalized spacial score (nSPS) is 23.3. The summed E-state index contributed by atoms with van der Waals surface area (Å²) in [7, 11) is -3.42. The summed E-state index contributed by atoms with van der Waals surface area (Å²) in [6, 6.07) is 9.63. The molecule has 4 fully saturated rings. The van der Waals surface area contributed by atoms with Crippen molar-refractivity contribution in [3.05, 3.63) is 65.5 Å². The molecule has 0 aliphatic carbocycles. The van der Waals surface area contributed by atoms with Gasteiger partial charge >= 0.3 is 6.03 Å². The number of hydrogen-bond acceptors (Lipinski definition) is 13. The molecule has 0 radical (unpaired) electrons. The molecule has 3 aromatic rings. The van der Waals surface area contributed by atoms with Crippen molar-refractivity contribution < 1.29 is 37.2 Å². The van der Waals surface area contributed by atoms with Crippen molar-refractivity contribution in [2.24, 2.45) is 22.8 Å². The van der Waals surface area contributed by atoms with E-state index in [0.29, 0.717) is 44.2 Å². The maximum atomic E-state index is 13.8. The van der Waals surface area contributed by atoms with Crippen LogP contribution in [0.25, 0.3) is 0 Å². The summed E-state index contributed by atoms with van der Waals surface area (Å²) in [5, 5.41) is 5.30. The van der Waals surface area contributed by atoms with Crippen molar-refractivity contribution in [2.75, 3.05) is 54.1 Å². The van der Waals surface area contributed by atoms with Crippen LogP contribution >= 0.6 is 0 Å². The van der Waals surface area contributed by atoms with Gasteiger partial charge in [-0.2, -0.15) is 0 Å². The number of rotatable bonds is 8. The van der Waals surface area contributed by atoms with Crippen LogP contribution in [0.15, 0.2) is 53.6 Å². The van der Waals surface area contributed by atoms with E-state index in [1.165, 1.54) is 18.3 Å².